The number of hydrogen-bond acceptors (Lipinski definition) is 3. The van der Waals surface area contributed by atoms with Gasteiger partial charge in [-0.2, -0.15) is 0 Å². The Bertz CT molecular complexity index is 917. The molecule has 2 aromatic carbocycles. The summed E-state index contributed by atoms with van der Waals surface area (Å²) < 4.78 is 1.72. The van der Waals surface area contributed by atoms with E-state index in [0.717, 1.165) is 16.9 Å². The lowest BCUT2D eigenvalue weighted by Crippen LogP contribution is -2.16. The number of nitrogens with one attached hydrogen (secondary N) is 1. The van der Waals surface area contributed by atoms with Gasteiger partial charge >= 0.3 is 0 Å². The molecule has 1 heterocycles. The van der Waals surface area contributed by atoms with Crippen molar-refractivity contribution >= 4 is 23.2 Å². The summed E-state index contributed by atoms with van der Waals surface area (Å²) in [5.74, 6) is -0.252. The number of halogens is 1. The Morgan fingerprint density at radius 2 is 1.92 bits per heavy atom. The van der Waals surface area contributed by atoms with Crippen molar-refractivity contribution in [2.24, 2.45) is 0 Å². The second-order valence-electron chi connectivity index (χ2n) is 6.16. The van der Waals surface area contributed by atoms with Crippen molar-refractivity contribution in [3.05, 3.63) is 70.5 Å². The SMILES string of the molecule is Cc1cccc(-n2nnc(C(=O)Nc3ccccc3Cl)c2C(C)C)c1. The van der Waals surface area contributed by atoms with Crippen LogP contribution in [0.25, 0.3) is 5.69 Å². The molecular weight excluding hydrogens is 336 g/mol. The first-order valence-corrected chi connectivity index (χ1v) is 8.43. The standard InChI is InChI=1S/C19H19ClN4O/c1-12(2)18-17(19(25)21-16-10-5-4-9-15(16)20)22-23-24(18)14-8-6-7-13(3)11-14/h4-12H,1-3H3,(H,21,25). The number of anilines is 1. The summed E-state index contributed by atoms with van der Waals surface area (Å²) in [4.78, 5) is 12.7. The van der Waals surface area contributed by atoms with Gasteiger partial charge in [0.25, 0.3) is 5.91 Å². The molecule has 0 saturated carbocycles. The van der Waals surface area contributed by atoms with Crippen LogP contribution in [0.5, 0.6) is 0 Å². The first-order valence-electron chi connectivity index (χ1n) is 8.06. The molecule has 1 amide bonds. The molecule has 3 rings (SSSR count). The van der Waals surface area contributed by atoms with E-state index in [9.17, 15) is 4.79 Å². The Balaban J connectivity index is 2.00. The molecule has 0 bridgehead atoms. The molecule has 25 heavy (non-hydrogen) atoms. The van der Waals surface area contributed by atoms with Crippen molar-refractivity contribution in [3.63, 3.8) is 0 Å². The van der Waals surface area contributed by atoms with E-state index in [4.69, 9.17) is 11.6 Å². The Hall–Kier alpha value is -2.66. The number of aryl methyl sites for hydroxylation is 1. The molecule has 1 N–H and O–H groups in total. The van der Waals surface area contributed by atoms with Crippen LogP contribution in [0.4, 0.5) is 5.69 Å². The molecule has 0 atom stereocenters. The molecule has 0 aliphatic heterocycles. The number of carbonyl (C=O) groups is 1. The van der Waals surface area contributed by atoms with Crippen molar-refractivity contribution < 1.29 is 4.79 Å². The van der Waals surface area contributed by atoms with E-state index < -0.39 is 0 Å². The highest BCUT2D eigenvalue weighted by Gasteiger charge is 2.23. The summed E-state index contributed by atoms with van der Waals surface area (Å²) in [6.45, 7) is 6.04. The number of aromatic nitrogens is 3. The molecule has 1 aromatic heterocycles. The average Bonchev–Trinajstić information content (AvgIpc) is 3.02. The maximum Gasteiger partial charge on any atom is 0.278 e. The van der Waals surface area contributed by atoms with Gasteiger partial charge in [-0.15, -0.1) is 5.10 Å². The van der Waals surface area contributed by atoms with Crippen LogP contribution >= 0.6 is 11.6 Å². The minimum Gasteiger partial charge on any atom is -0.319 e. The van der Waals surface area contributed by atoms with Crippen molar-refractivity contribution in [2.45, 2.75) is 26.7 Å². The lowest BCUT2D eigenvalue weighted by molar-refractivity contribution is 0.102. The highest BCUT2D eigenvalue weighted by Crippen LogP contribution is 2.25. The summed E-state index contributed by atoms with van der Waals surface area (Å²) in [6, 6.07) is 15.0. The molecule has 5 nitrogen and oxygen atoms in total. The summed E-state index contributed by atoms with van der Waals surface area (Å²) in [5, 5.41) is 11.6. The first kappa shape index (κ1) is 17.2. The van der Waals surface area contributed by atoms with E-state index in [1.165, 1.54) is 0 Å². The number of hydrogen-bond donors (Lipinski definition) is 1. The van der Waals surface area contributed by atoms with E-state index >= 15 is 0 Å². The maximum atomic E-state index is 12.7. The predicted octanol–water partition coefficient (Wildman–Crippen LogP) is 4.60. The second kappa shape index (κ2) is 7.07. The second-order valence-corrected chi connectivity index (χ2v) is 6.57. The fourth-order valence-electron chi connectivity index (χ4n) is 2.66. The van der Waals surface area contributed by atoms with Gasteiger partial charge in [0.2, 0.25) is 0 Å². The van der Waals surface area contributed by atoms with E-state index in [1.54, 1.807) is 16.8 Å². The van der Waals surface area contributed by atoms with Crippen LogP contribution in [0.1, 0.15) is 41.5 Å². The van der Waals surface area contributed by atoms with Gasteiger partial charge in [0.15, 0.2) is 5.69 Å². The topological polar surface area (TPSA) is 59.8 Å². The fourth-order valence-corrected chi connectivity index (χ4v) is 2.85. The zero-order valence-corrected chi connectivity index (χ0v) is 15.1. The number of benzene rings is 2. The van der Waals surface area contributed by atoms with Gasteiger partial charge in [0, 0.05) is 0 Å². The van der Waals surface area contributed by atoms with Gasteiger partial charge in [0.05, 0.1) is 22.1 Å². The first-order chi connectivity index (χ1) is 12.0. The molecule has 0 spiro atoms. The molecule has 0 aliphatic rings. The van der Waals surface area contributed by atoms with Crippen molar-refractivity contribution in [2.75, 3.05) is 5.32 Å². The number of carbonyl (C=O) groups excluding carboxylic acids is 1. The predicted molar refractivity (Wildman–Crippen MR) is 99.6 cm³/mol. The van der Waals surface area contributed by atoms with E-state index in [-0.39, 0.29) is 11.8 Å². The minimum atomic E-state index is -0.323. The zero-order chi connectivity index (χ0) is 18.0. The molecular formula is C19H19ClN4O. The summed E-state index contributed by atoms with van der Waals surface area (Å²) in [5.41, 5.74) is 3.61. The van der Waals surface area contributed by atoms with Crippen LogP contribution in [0.3, 0.4) is 0 Å². The van der Waals surface area contributed by atoms with Gasteiger partial charge in [0.1, 0.15) is 0 Å². The molecule has 128 valence electrons. The molecule has 0 unspecified atom stereocenters. The average molecular weight is 355 g/mol. The monoisotopic (exact) mass is 354 g/mol. The Kier molecular flexibility index (Phi) is 4.86. The van der Waals surface area contributed by atoms with Crippen molar-refractivity contribution in [3.8, 4) is 5.69 Å². The largest absolute Gasteiger partial charge is 0.319 e. The Morgan fingerprint density at radius 3 is 2.60 bits per heavy atom. The minimum absolute atomic E-state index is 0.0718. The third kappa shape index (κ3) is 3.56. The van der Waals surface area contributed by atoms with Crippen molar-refractivity contribution in [1.29, 1.82) is 0 Å². The number of rotatable bonds is 4. The molecule has 0 aliphatic carbocycles. The lowest BCUT2D eigenvalue weighted by atomic mass is 10.1. The summed E-state index contributed by atoms with van der Waals surface area (Å²) in [7, 11) is 0. The smallest absolute Gasteiger partial charge is 0.278 e. The summed E-state index contributed by atoms with van der Waals surface area (Å²) in [6.07, 6.45) is 0. The maximum absolute atomic E-state index is 12.7. The van der Waals surface area contributed by atoms with Gasteiger partial charge in [-0.3, -0.25) is 4.79 Å². The quantitative estimate of drug-likeness (QED) is 0.744. The van der Waals surface area contributed by atoms with Crippen LogP contribution in [0, 0.1) is 6.92 Å². The highest BCUT2D eigenvalue weighted by molar-refractivity contribution is 6.33. The highest BCUT2D eigenvalue weighted by atomic mass is 35.5. The van der Waals surface area contributed by atoms with Gasteiger partial charge in [-0.05, 0) is 42.7 Å². The van der Waals surface area contributed by atoms with Crippen LogP contribution < -0.4 is 5.32 Å². The van der Waals surface area contributed by atoms with Gasteiger partial charge < -0.3 is 5.32 Å². The third-order valence-electron chi connectivity index (χ3n) is 3.84. The van der Waals surface area contributed by atoms with Crippen LogP contribution in [0.15, 0.2) is 48.5 Å². The molecule has 0 radical (unpaired) electrons. The zero-order valence-electron chi connectivity index (χ0n) is 14.3. The summed E-state index contributed by atoms with van der Waals surface area (Å²) >= 11 is 6.12. The van der Waals surface area contributed by atoms with Gasteiger partial charge in [-0.25, -0.2) is 4.68 Å². The van der Waals surface area contributed by atoms with Gasteiger partial charge in [-0.1, -0.05) is 54.9 Å². The third-order valence-corrected chi connectivity index (χ3v) is 4.16. The number of para-hydroxylation sites is 1. The van der Waals surface area contributed by atoms with Crippen LogP contribution in [0.2, 0.25) is 5.02 Å². The van der Waals surface area contributed by atoms with E-state index in [0.29, 0.717) is 16.4 Å². The molecule has 0 fully saturated rings. The van der Waals surface area contributed by atoms with Crippen LogP contribution in [-0.4, -0.2) is 20.9 Å². The molecule has 0 saturated heterocycles. The Morgan fingerprint density at radius 1 is 1.16 bits per heavy atom. The van der Waals surface area contributed by atoms with Crippen molar-refractivity contribution in [1.82, 2.24) is 15.0 Å². The molecule has 6 heteroatoms. The van der Waals surface area contributed by atoms with Crippen LogP contribution in [-0.2, 0) is 0 Å². The van der Waals surface area contributed by atoms with E-state index in [1.807, 2.05) is 57.2 Å². The Labute approximate surface area is 151 Å². The molecule has 3 aromatic rings. The normalized spacial score (nSPS) is 10.9. The van der Waals surface area contributed by atoms with E-state index in [2.05, 4.69) is 15.6 Å². The number of nitrogens with zero attached hydrogens (tertiary/aromatic N) is 3. The fraction of sp³-hybridized carbons (Fsp3) is 0.211. The lowest BCUT2D eigenvalue weighted by Gasteiger charge is -2.12. The number of amides is 1.